The van der Waals surface area contributed by atoms with Gasteiger partial charge in [0, 0.05) is 10.5 Å². The molecule has 2 aromatic carbocycles. The van der Waals surface area contributed by atoms with Crippen molar-refractivity contribution in [2.75, 3.05) is 7.11 Å². The number of methoxy groups -OCH3 is 1. The number of ketones is 1. The number of ether oxygens (including phenoxy) is 3. The summed E-state index contributed by atoms with van der Waals surface area (Å²) in [7, 11) is 1.30. The Hall–Kier alpha value is -2.60. The van der Waals surface area contributed by atoms with Crippen LogP contribution in [0.5, 0.6) is 11.5 Å². The van der Waals surface area contributed by atoms with Crippen LogP contribution in [0.3, 0.4) is 0 Å². The summed E-state index contributed by atoms with van der Waals surface area (Å²) in [5.41, 5.74) is 1.31. The molecule has 1 aliphatic rings. The SMILES string of the molecule is COC(=O)[C@H](C)Oc1ccc2c(c1)OC(=Cc1cccc(Br)c1)C2=O. The van der Waals surface area contributed by atoms with Gasteiger partial charge in [-0.05, 0) is 42.8 Å². The lowest BCUT2D eigenvalue weighted by Crippen LogP contribution is -2.24. The number of hydrogen-bond donors (Lipinski definition) is 0. The van der Waals surface area contributed by atoms with Gasteiger partial charge in [0.25, 0.3) is 0 Å². The second-order valence-corrected chi connectivity index (χ2v) is 6.35. The molecule has 6 heteroatoms. The summed E-state index contributed by atoms with van der Waals surface area (Å²) in [5.74, 6) is 0.399. The van der Waals surface area contributed by atoms with E-state index >= 15 is 0 Å². The normalized spacial score (nSPS) is 15.5. The number of Topliss-reactive ketones (excluding diaryl/α,β-unsaturated/α-hetero) is 1. The molecule has 1 heterocycles. The molecule has 3 rings (SSSR count). The van der Waals surface area contributed by atoms with Crippen LogP contribution in [0.2, 0.25) is 0 Å². The summed E-state index contributed by atoms with van der Waals surface area (Å²) in [5, 5.41) is 0. The molecule has 0 aliphatic carbocycles. The van der Waals surface area contributed by atoms with Crippen LogP contribution in [0.15, 0.2) is 52.7 Å². The molecule has 1 aliphatic heterocycles. The lowest BCUT2D eigenvalue weighted by Gasteiger charge is -2.12. The molecule has 2 aromatic rings. The zero-order valence-corrected chi connectivity index (χ0v) is 15.2. The van der Waals surface area contributed by atoms with E-state index in [2.05, 4.69) is 20.7 Å². The highest BCUT2D eigenvalue weighted by Crippen LogP contribution is 2.35. The molecule has 0 amide bonds. The van der Waals surface area contributed by atoms with Crippen molar-refractivity contribution in [2.24, 2.45) is 0 Å². The Bertz CT molecular complexity index is 872. The number of halogens is 1. The van der Waals surface area contributed by atoms with Gasteiger partial charge in [-0.1, -0.05) is 28.1 Å². The number of carbonyl (C=O) groups excluding carboxylic acids is 2. The van der Waals surface area contributed by atoms with Crippen LogP contribution in [0.4, 0.5) is 0 Å². The van der Waals surface area contributed by atoms with Crippen LogP contribution in [0, 0.1) is 0 Å². The quantitative estimate of drug-likeness (QED) is 0.571. The van der Waals surface area contributed by atoms with E-state index in [0.29, 0.717) is 17.1 Å². The first kappa shape index (κ1) is 17.2. The van der Waals surface area contributed by atoms with E-state index in [-0.39, 0.29) is 11.5 Å². The van der Waals surface area contributed by atoms with E-state index in [1.165, 1.54) is 7.11 Å². The summed E-state index contributed by atoms with van der Waals surface area (Å²) in [6, 6.07) is 12.4. The molecular formula is C19H15BrO5. The number of benzene rings is 2. The smallest absolute Gasteiger partial charge is 0.346 e. The maximum atomic E-state index is 12.5. The van der Waals surface area contributed by atoms with Gasteiger partial charge in [-0.3, -0.25) is 4.79 Å². The molecule has 0 fully saturated rings. The number of hydrogen-bond acceptors (Lipinski definition) is 5. The Morgan fingerprint density at radius 3 is 2.76 bits per heavy atom. The summed E-state index contributed by atoms with van der Waals surface area (Å²) >= 11 is 3.40. The molecule has 0 saturated heterocycles. The zero-order valence-electron chi connectivity index (χ0n) is 13.6. The summed E-state index contributed by atoms with van der Waals surface area (Å²) in [6.45, 7) is 1.59. The topological polar surface area (TPSA) is 61.8 Å². The Kier molecular flexibility index (Phi) is 4.90. The lowest BCUT2D eigenvalue weighted by atomic mass is 10.1. The summed E-state index contributed by atoms with van der Waals surface area (Å²) in [4.78, 5) is 23.9. The van der Waals surface area contributed by atoms with Gasteiger partial charge in [0.1, 0.15) is 11.5 Å². The maximum Gasteiger partial charge on any atom is 0.346 e. The number of allylic oxidation sites excluding steroid dienone is 1. The summed E-state index contributed by atoms with van der Waals surface area (Å²) in [6.07, 6.45) is 0.932. The largest absolute Gasteiger partial charge is 0.479 e. The van der Waals surface area contributed by atoms with Crippen molar-refractivity contribution >= 4 is 33.8 Å². The average molecular weight is 403 g/mol. The number of fused-ring (bicyclic) bond motifs is 1. The Balaban J connectivity index is 1.83. The first-order valence-corrected chi connectivity index (χ1v) is 8.35. The van der Waals surface area contributed by atoms with E-state index in [0.717, 1.165) is 10.0 Å². The third-order valence-electron chi connectivity index (χ3n) is 3.63. The van der Waals surface area contributed by atoms with Gasteiger partial charge in [-0.25, -0.2) is 4.79 Å². The molecular weight excluding hydrogens is 388 g/mol. The van der Waals surface area contributed by atoms with Gasteiger partial charge in [0.15, 0.2) is 11.9 Å². The van der Waals surface area contributed by atoms with Crippen LogP contribution in [0.25, 0.3) is 6.08 Å². The molecule has 5 nitrogen and oxygen atoms in total. The minimum atomic E-state index is -0.753. The summed E-state index contributed by atoms with van der Waals surface area (Å²) < 4.78 is 16.7. The minimum absolute atomic E-state index is 0.192. The zero-order chi connectivity index (χ0) is 18.0. The van der Waals surface area contributed by atoms with E-state index < -0.39 is 12.1 Å². The fourth-order valence-electron chi connectivity index (χ4n) is 2.41. The molecule has 0 spiro atoms. The van der Waals surface area contributed by atoms with Crippen LogP contribution in [0.1, 0.15) is 22.8 Å². The van der Waals surface area contributed by atoms with Gasteiger partial charge < -0.3 is 14.2 Å². The second kappa shape index (κ2) is 7.11. The Labute approximate surface area is 153 Å². The molecule has 0 radical (unpaired) electrons. The fraction of sp³-hybridized carbons (Fsp3) is 0.158. The van der Waals surface area contributed by atoms with Gasteiger partial charge in [0.05, 0.1) is 12.7 Å². The van der Waals surface area contributed by atoms with Gasteiger partial charge in [-0.2, -0.15) is 0 Å². The third kappa shape index (κ3) is 3.74. The van der Waals surface area contributed by atoms with Gasteiger partial charge >= 0.3 is 5.97 Å². The Morgan fingerprint density at radius 1 is 1.24 bits per heavy atom. The van der Waals surface area contributed by atoms with Crippen LogP contribution in [-0.2, 0) is 9.53 Å². The number of carbonyl (C=O) groups is 2. The molecule has 0 unspecified atom stereocenters. The lowest BCUT2D eigenvalue weighted by molar-refractivity contribution is -0.147. The van der Waals surface area contributed by atoms with Crippen molar-refractivity contribution in [1.82, 2.24) is 0 Å². The van der Waals surface area contributed by atoms with Crippen molar-refractivity contribution in [1.29, 1.82) is 0 Å². The molecule has 0 N–H and O–H groups in total. The van der Waals surface area contributed by atoms with Crippen molar-refractivity contribution in [3.05, 3.63) is 63.8 Å². The van der Waals surface area contributed by atoms with Crippen LogP contribution < -0.4 is 9.47 Å². The molecule has 128 valence electrons. The number of rotatable bonds is 4. The average Bonchev–Trinajstić information content (AvgIpc) is 2.89. The highest BCUT2D eigenvalue weighted by molar-refractivity contribution is 9.10. The van der Waals surface area contributed by atoms with E-state index in [1.807, 2.05) is 24.3 Å². The van der Waals surface area contributed by atoms with Crippen molar-refractivity contribution in [3.8, 4) is 11.5 Å². The van der Waals surface area contributed by atoms with Crippen molar-refractivity contribution in [2.45, 2.75) is 13.0 Å². The fourth-order valence-corrected chi connectivity index (χ4v) is 2.82. The Morgan fingerprint density at radius 2 is 2.04 bits per heavy atom. The molecule has 25 heavy (non-hydrogen) atoms. The van der Waals surface area contributed by atoms with E-state index in [9.17, 15) is 9.59 Å². The highest BCUT2D eigenvalue weighted by atomic mass is 79.9. The number of esters is 1. The van der Waals surface area contributed by atoms with Crippen molar-refractivity contribution < 1.29 is 23.8 Å². The second-order valence-electron chi connectivity index (χ2n) is 5.44. The van der Waals surface area contributed by atoms with Crippen molar-refractivity contribution in [3.63, 3.8) is 0 Å². The predicted octanol–water partition coefficient (Wildman–Crippen LogP) is 4.01. The van der Waals surface area contributed by atoms with Gasteiger partial charge in [-0.15, -0.1) is 0 Å². The predicted molar refractivity (Wildman–Crippen MR) is 95.6 cm³/mol. The third-order valence-corrected chi connectivity index (χ3v) is 4.13. The molecule has 0 saturated carbocycles. The standard InChI is InChI=1S/C19H15BrO5/c1-11(19(22)23-2)24-14-6-7-15-16(10-14)25-17(18(15)21)9-12-4-3-5-13(20)8-12/h3-11H,1-2H3/t11-/m0/s1. The first-order valence-electron chi connectivity index (χ1n) is 7.56. The molecule has 1 atom stereocenters. The monoisotopic (exact) mass is 402 g/mol. The molecule has 0 aromatic heterocycles. The minimum Gasteiger partial charge on any atom is -0.479 e. The van der Waals surface area contributed by atoms with Crippen LogP contribution in [-0.4, -0.2) is 25.0 Å². The van der Waals surface area contributed by atoms with Gasteiger partial charge in [0.2, 0.25) is 5.78 Å². The molecule has 0 bridgehead atoms. The van der Waals surface area contributed by atoms with E-state index in [1.54, 1.807) is 31.2 Å². The van der Waals surface area contributed by atoms with Crippen LogP contribution >= 0.6 is 15.9 Å². The first-order chi connectivity index (χ1) is 12.0. The maximum absolute atomic E-state index is 12.5. The van der Waals surface area contributed by atoms with E-state index in [4.69, 9.17) is 9.47 Å². The highest BCUT2D eigenvalue weighted by Gasteiger charge is 2.28.